The third-order valence-electron chi connectivity index (χ3n) is 7.59. The molecule has 0 atom stereocenters. The van der Waals surface area contributed by atoms with E-state index in [-0.39, 0.29) is 12.0 Å². The van der Waals surface area contributed by atoms with Gasteiger partial charge in [-0.1, -0.05) is 43.0 Å². The Morgan fingerprint density at radius 1 is 1.10 bits per heavy atom. The Morgan fingerprint density at radius 2 is 1.80 bits per heavy atom. The molecule has 0 unspecified atom stereocenters. The Labute approximate surface area is 235 Å². The number of hydrogen-bond donors (Lipinski definition) is 2. The zero-order valence-electron chi connectivity index (χ0n) is 23.6. The molecular weight excluding hydrogens is 500 g/mol. The molecule has 1 amide bonds. The smallest absolute Gasteiger partial charge is 0.339 e. The number of aryl methyl sites for hydroxylation is 1. The first-order valence-corrected chi connectivity index (χ1v) is 13.8. The van der Waals surface area contributed by atoms with E-state index in [1.807, 2.05) is 45.0 Å². The number of nitrogens with zero attached hydrogens (tertiary/aromatic N) is 2. The second-order valence-corrected chi connectivity index (χ2v) is 10.9. The van der Waals surface area contributed by atoms with Crippen molar-refractivity contribution in [2.24, 2.45) is 0 Å². The fourth-order valence-electron chi connectivity index (χ4n) is 5.34. The summed E-state index contributed by atoms with van der Waals surface area (Å²) >= 11 is 0. The zero-order chi connectivity index (χ0) is 28.4. The van der Waals surface area contributed by atoms with E-state index in [1.54, 1.807) is 6.20 Å². The van der Waals surface area contributed by atoms with Crippen LogP contribution in [0.3, 0.4) is 0 Å². The summed E-state index contributed by atoms with van der Waals surface area (Å²) in [6, 6.07) is 16.6. The van der Waals surface area contributed by atoms with E-state index in [4.69, 9.17) is 4.74 Å². The van der Waals surface area contributed by atoms with Gasteiger partial charge < -0.3 is 19.9 Å². The normalized spacial score (nSPS) is 14.4. The van der Waals surface area contributed by atoms with Crippen LogP contribution in [0.15, 0.2) is 67.4 Å². The number of piperidine rings is 1. The quantitative estimate of drug-likeness (QED) is 0.203. The fraction of sp³-hybridized carbons (Fsp3) is 0.303. The number of pyridine rings is 1. The van der Waals surface area contributed by atoms with Gasteiger partial charge in [-0.15, -0.1) is 0 Å². The number of esters is 1. The van der Waals surface area contributed by atoms with E-state index in [0.717, 1.165) is 59.3 Å². The minimum absolute atomic E-state index is 0.236. The Balaban J connectivity index is 1.62. The van der Waals surface area contributed by atoms with Gasteiger partial charge in [0.1, 0.15) is 5.65 Å². The highest BCUT2D eigenvalue weighted by Crippen LogP contribution is 2.40. The first kappa shape index (κ1) is 27.3. The highest BCUT2D eigenvalue weighted by atomic mass is 16.5. The number of anilines is 1. The standard InChI is InChI=1S/C33H36N4O3/c1-6-29(38)35-28-18-25(8-7-21(28)4)30-27-17-26(33(39)40-20(2)3)19-34-32(27)36-31(30)24-11-9-22(10-12-24)23-13-15-37(5)16-14-23/h6-12,17-20,23H,1,13-16H2,2-5H3,(H,34,36)(H,35,38). The van der Waals surface area contributed by atoms with Crippen molar-refractivity contribution < 1.29 is 14.3 Å². The molecule has 1 saturated heterocycles. The van der Waals surface area contributed by atoms with Crippen LogP contribution in [-0.4, -0.2) is 53.0 Å². The summed E-state index contributed by atoms with van der Waals surface area (Å²) in [5.74, 6) is -0.121. The Kier molecular flexibility index (Phi) is 7.85. The third kappa shape index (κ3) is 5.70. The molecule has 0 bridgehead atoms. The molecule has 1 aliphatic heterocycles. The van der Waals surface area contributed by atoms with Gasteiger partial charge in [-0.3, -0.25) is 4.79 Å². The van der Waals surface area contributed by atoms with Crippen molar-refractivity contribution in [2.75, 3.05) is 25.5 Å². The molecule has 0 aliphatic carbocycles. The summed E-state index contributed by atoms with van der Waals surface area (Å²) < 4.78 is 5.44. The van der Waals surface area contributed by atoms with Crippen LogP contribution < -0.4 is 5.32 Å². The number of H-pyrrole nitrogens is 1. The largest absolute Gasteiger partial charge is 0.459 e. The molecule has 1 fully saturated rings. The Hall–Kier alpha value is -4.23. The van der Waals surface area contributed by atoms with Crippen LogP contribution in [0.4, 0.5) is 5.69 Å². The van der Waals surface area contributed by atoms with Gasteiger partial charge in [0.15, 0.2) is 0 Å². The number of likely N-dealkylation sites (tertiary alicyclic amines) is 1. The van der Waals surface area contributed by atoms with Gasteiger partial charge in [-0.05, 0) is 100 Å². The molecule has 2 aromatic heterocycles. The molecule has 3 heterocycles. The van der Waals surface area contributed by atoms with Crippen LogP contribution in [0, 0.1) is 6.92 Å². The Bertz CT molecular complexity index is 1560. The number of hydrogen-bond acceptors (Lipinski definition) is 5. The SMILES string of the molecule is C=CC(=O)Nc1cc(-c2c(-c3ccc(C4CCN(C)CC4)cc3)[nH]c3ncc(C(=O)OC(C)C)cc23)ccc1C. The molecule has 0 saturated carbocycles. The highest BCUT2D eigenvalue weighted by molar-refractivity contribution is 6.06. The third-order valence-corrected chi connectivity index (χ3v) is 7.59. The van der Waals surface area contributed by atoms with Gasteiger partial charge in [0.25, 0.3) is 0 Å². The molecule has 5 rings (SSSR count). The first-order valence-electron chi connectivity index (χ1n) is 13.8. The lowest BCUT2D eigenvalue weighted by Gasteiger charge is -2.29. The van der Waals surface area contributed by atoms with Crippen molar-refractivity contribution in [3.05, 3.63) is 84.1 Å². The van der Waals surface area contributed by atoms with Crippen LogP contribution >= 0.6 is 0 Å². The van der Waals surface area contributed by atoms with E-state index in [2.05, 4.69) is 58.1 Å². The predicted octanol–water partition coefficient (Wildman–Crippen LogP) is 6.70. The molecule has 2 N–H and O–H groups in total. The van der Waals surface area contributed by atoms with Crippen molar-refractivity contribution in [1.29, 1.82) is 0 Å². The van der Waals surface area contributed by atoms with Gasteiger partial charge in [-0.25, -0.2) is 9.78 Å². The molecule has 0 radical (unpaired) electrons. The van der Waals surface area contributed by atoms with Crippen LogP contribution in [0.25, 0.3) is 33.4 Å². The summed E-state index contributed by atoms with van der Waals surface area (Å²) in [6.07, 6.45) is 4.89. The van der Waals surface area contributed by atoms with E-state index < -0.39 is 5.97 Å². The maximum Gasteiger partial charge on any atom is 0.339 e. The summed E-state index contributed by atoms with van der Waals surface area (Å²) in [5, 5.41) is 3.71. The van der Waals surface area contributed by atoms with E-state index in [0.29, 0.717) is 22.8 Å². The molecule has 7 nitrogen and oxygen atoms in total. The summed E-state index contributed by atoms with van der Waals surface area (Å²) in [7, 11) is 2.18. The van der Waals surface area contributed by atoms with Gasteiger partial charge in [0.05, 0.1) is 17.4 Å². The van der Waals surface area contributed by atoms with E-state index >= 15 is 0 Å². The van der Waals surface area contributed by atoms with Crippen LogP contribution in [0.5, 0.6) is 0 Å². The summed E-state index contributed by atoms with van der Waals surface area (Å²) in [6.45, 7) is 11.4. The second kappa shape index (κ2) is 11.5. The lowest BCUT2D eigenvalue weighted by molar-refractivity contribution is -0.111. The molecule has 0 spiro atoms. The monoisotopic (exact) mass is 536 g/mol. The van der Waals surface area contributed by atoms with Gasteiger partial charge in [0.2, 0.25) is 5.91 Å². The highest BCUT2D eigenvalue weighted by Gasteiger charge is 2.22. The van der Waals surface area contributed by atoms with Gasteiger partial charge in [-0.2, -0.15) is 0 Å². The number of carbonyl (C=O) groups excluding carboxylic acids is 2. The van der Waals surface area contributed by atoms with Crippen molar-refractivity contribution in [3.8, 4) is 22.4 Å². The van der Waals surface area contributed by atoms with Crippen molar-refractivity contribution in [1.82, 2.24) is 14.9 Å². The number of amides is 1. The maximum atomic E-state index is 12.8. The zero-order valence-corrected chi connectivity index (χ0v) is 23.6. The molecule has 206 valence electrons. The number of aromatic nitrogens is 2. The number of nitrogens with one attached hydrogen (secondary N) is 2. The van der Waals surface area contributed by atoms with Crippen molar-refractivity contribution >= 4 is 28.6 Å². The summed E-state index contributed by atoms with van der Waals surface area (Å²) in [4.78, 5) is 35.4. The minimum Gasteiger partial charge on any atom is -0.459 e. The van der Waals surface area contributed by atoms with Crippen LogP contribution in [-0.2, 0) is 9.53 Å². The minimum atomic E-state index is -0.413. The maximum absolute atomic E-state index is 12.8. The predicted molar refractivity (Wildman–Crippen MR) is 161 cm³/mol. The fourth-order valence-corrected chi connectivity index (χ4v) is 5.34. The molecular formula is C33H36N4O3. The lowest BCUT2D eigenvalue weighted by atomic mass is 9.88. The molecule has 4 aromatic rings. The second-order valence-electron chi connectivity index (χ2n) is 10.9. The number of benzene rings is 2. The topological polar surface area (TPSA) is 87.3 Å². The number of carbonyl (C=O) groups is 2. The number of aromatic amines is 1. The van der Waals surface area contributed by atoms with Gasteiger partial charge in [0, 0.05) is 22.8 Å². The average Bonchev–Trinajstić information content (AvgIpc) is 3.33. The number of rotatable bonds is 7. The average molecular weight is 537 g/mol. The molecule has 40 heavy (non-hydrogen) atoms. The number of ether oxygens (including phenoxy) is 1. The van der Waals surface area contributed by atoms with Crippen molar-refractivity contribution in [3.63, 3.8) is 0 Å². The first-order chi connectivity index (χ1) is 19.2. The Morgan fingerprint density at radius 3 is 2.48 bits per heavy atom. The molecule has 7 heteroatoms. The number of fused-ring (bicyclic) bond motifs is 1. The van der Waals surface area contributed by atoms with E-state index in [9.17, 15) is 9.59 Å². The van der Waals surface area contributed by atoms with E-state index in [1.165, 1.54) is 11.6 Å². The summed E-state index contributed by atoms with van der Waals surface area (Å²) in [5.41, 5.74) is 7.76. The van der Waals surface area contributed by atoms with Crippen LogP contribution in [0.2, 0.25) is 0 Å². The van der Waals surface area contributed by atoms with Crippen molar-refractivity contribution in [2.45, 2.75) is 45.6 Å². The lowest BCUT2D eigenvalue weighted by Crippen LogP contribution is -2.29. The van der Waals surface area contributed by atoms with Crippen LogP contribution in [0.1, 0.15) is 54.1 Å². The molecule has 1 aliphatic rings. The molecule has 2 aromatic carbocycles. The van der Waals surface area contributed by atoms with Gasteiger partial charge >= 0.3 is 5.97 Å².